The molecule has 2 rings (SSSR count). The smallest absolute Gasteiger partial charge is 0.227 e. The highest BCUT2D eigenvalue weighted by molar-refractivity contribution is 9.10. The van der Waals surface area contributed by atoms with E-state index in [1.165, 1.54) is 6.33 Å². The molecule has 2 aromatic rings. The molecule has 0 unspecified atom stereocenters. The highest BCUT2D eigenvalue weighted by atomic mass is 79.9. The summed E-state index contributed by atoms with van der Waals surface area (Å²) in [4.78, 5) is 8.16. The van der Waals surface area contributed by atoms with E-state index in [1.54, 1.807) is 0 Å². The number of rotatable bonds is 3. The third-order valence-corrected chi connectivity index (χ3v) is 3.15. The Hall–Kier alpha value is -1.62. The molecule has 94 valence electrons. The van der Waals surface area contributed by atoms with Crippen LogP contribution in [0.3, 0.4) is 0 Å². The second kappa shape index (κ2) is 5.35. The molecule has 4 nitrogen and oxygen atoms in total. The molecule has 1 aromatic carbocycles. The summed E-state index contributed by atoms with van der Waals surface area (Å²) < 4.78 is 6.68. The van der Waals surface area contributed by atoms with Gasteiger partial charge in [0.1, 0.15) is 17.9 Å². The van der Waals surface area contributed by atoms with Gasteiger partial charge in [-0.2, -0.15) is 0 Å². The van der Waals surface area contributed by atoms with E-state index in [9.17, 15) is 0 Å². The second-order valence-electron chi connectivity index (χ2n) is 4.16. The SMILES string of the molecule is CC(C)c1c(N)ncnc1Oc1ccccc1Br. The number of hydrogen-bond donors (Lipinski definition) is 1. The Balaban J connectivity index is 2.41. The minimum atomic E-state index is 0.198. The van der Waals surface area contributed by atoms with Crippen molar-refractivity contribution in [1.82, 2.24) is 9.97 Å². The lowest BCUT2D eigenvalue weighted by Crippen LogP contribution is -2.04. The first-order valence-electron chi connectivity index (χ1n) is 5.62. The maximum Gasteiger partial charge on any atom is 0.227 e. The topological polar surface area (TPSA) is 61.0 Å². The zero-order valence-electron chi connectivity index (χ0n) is 10.2. The number of para-hydroxylation sites is 1. The van der Waals surface area contributed by atoms with E-state index in [1.807, 2.05) is 38.1 Å². The van der Waals surface area contributed by atoms with Crippen LogP contribution in [0.25, 0.3) is 0 Å². The fourth-order valence-electron chi connectivity index (χ4n) is 1.65. The fraction of sp³-hybridized carbons (Fsp3) is 0.231. The van der Waals surface area contributed by atoms with E-state index in [2.05, 4.69) is 25.9 Å². The van der Waals surface area contributed by atoms with Crippen LogP contribution in [0.5, 0.6) is 11.6 Å². The molecule has 1 aromatic heterocycles. The molecule has 0 fully saturated rings. The van der Waals surface area contributed by atoms with Crippen molar-refractivity contribution in [3.8, 4) is 11.6 Å². The maximum atomic E-state index is 5.87. The lowest BCUT2D eigenvalue weighted by Gasteiger charge is -2.14. The zero-order valence-corrected chi connectivity index (χ0v) is 11.8. The van der Waals surface area contributed by atoms with Gasteiger partial charge in [0.25, 0.3) is 0 Å². The molecule has 18 heavy (non-hydrogen) atoms. The summed E-state index contributed by atoms with van der Waals surface area (Å²) in [5.41, 5.74) is 6.70. The van der Waals surface area contributed by atoms with Gasteiger partial charge in [-0.3, -0.25) is 0 Å². The first-order valence-corrected chi connectivity index (χ1v) is 6.41. The normalized spacial score (nSPS) is 10.7. The number of nitrogens with two attached hydrogens (primary N) is 1. The Morgan fingerprint density at radius 3 is 2.61 bits per heavy atom. The van der Waals surface area contributed by atoms with E-state index in [0.717, 1.165) is 10.0 Å². The van der Waals surface area contributed by atoms with Crippen molar-refractivity contribution in [3.63, 3.8) is 0 Å². The summed E-state index contributed by atoms with van der Waals surface area (Å²) in [6.45, 7) is 4.06. The van der Waals surface area contributed by atoms with Crippen LogP contribution in [-0.2, 0) is 0 Å². The van der Waals surface area contributed by atoms with Crippen LogP contribution in [0.1, 0.15) is 25.3 Å². The van der Waals surface area contributed by atoms with Crippen LogP contribution >= 0.6 is 15.9 Å². The molecule has 5 heteroatoms. The number of ether oxygens (including phenoxy) is 1. The monoisotopic (exact) mass is 307 g/mol. The lowest BCUT2D eigenvalue weighted by atomic mass is 10.1. The minimum absolute atomic E-state index is 0.198. The molecular weight excluding hydrogens is 294 g/mol. The summed E-state index contributed by atoms with van der Waals surface area (Å²) in [6.07, 6.45) is 1.41. The lowest BCUT2D eigenvalue weighted by molar-refractivity contribution is 0.449. The van der Waals surface area contributed by atoms with Gasteiger partial charge in [0.05, 0.1) is 10.0 Å². The first-order chi connectivity index (χ1) is 8.59. The summed E-state index contributed by atoms with van der Waals surface area (Å²) in [5, 5.41) is 0. The van der Waals surface area contributed by atoms with Crippen LogP contribution < -0.4 is 10.5 Å². The predicted molar refractivity (Wildman–Crippen MR) is 74.7 cm³/mol. The molecule has 0 spiro atoms. The molecule has 0 saturated carbocycles. The highest BCUT2D eigenvalue weighted by Crippen LogP contribution is 2.34. The molecule has 0 saturated heterocycles. The number of benzene rings is 1. The van der Waals surface area contributed by atoms with Gasteiger partial charge >= 0.3 is 0 Å². The molecule has 0 amide bonds. The quantitative estimate of drug-likeness (QED) is 0.938. The van der Waals surface area contributed by atoms with E-state index in [0.29, 0.717) is 17.4 Å². The first kappa shape index (κ1) is 12.8. The number of halogens is 1. The molecule has 0 radical (unpaired) electrons. The van der Waals surface area contributed by atoms with Crippen molar-refractivity contribution in [2.75, 3.05) is 5.73 Å². The van der Waals surface area contributed by atoms with Gasteiger partial charge in [0, 0.05) is 0 Å². The molecule has 0 aliphatic rings. The van der Waals surface area contributed by atoms with Gasteiger partial charge in [-0.05, 0) is 34.0 Å². The van der Waals surface area contributed by atoms with Crippen molar-refractivity contribution in [2.45, 2.75) is 19.8 Å². The Bertz CT molecular complexity index is 558. The standard InChI is InChI=1S/C13H14BrN3O/c1-8(2)11-12(15)16-7-17-13(11)18-10-6-4-3-5-9(10)14/h3-8H,1-2H3,(H2,15,16,17). The highest BCUT2D eigenvalue weighted by Gasteiger charge is 2.15. The van der Waals surface area contributed by atoms with Crippen molar-refractivity contribution >= 4 is 21.7 Å². The molecule has 0 atom stereocenters. The minimum Gasteiger partial charge on any atom is -0.437 e. The van der Waals surface area contributed by atoms with E-state index in [4.69, 9.17) is 10.5 Å². The average Bonchev–Trinajstić information content (AvgIpc) is 2.31. The third kappa shape index (κ3) is 2.61. The van der Waals surface area contributed by atoms with Crippen LogP contribution in [0.2, 0.25) is 0 Å². The van der Waals surface area contributed by atoms with Crippen LogP contribution in [0.4, 0.5) is 5.82 Å². The molecule has 2 N–H and O–H groups in total. The third-order valence-electron chi connectivity index (χ3n) is 2.50. The van der Waals surface area contributed by atoms with Gasteiger partial charge in [-0.1, -0.05) is 26.0 Å². The number of hydrogen-bond acceptors (Lipinski definition) is 4. The summed E-state index contributed by atoms with van der Waals surface area (Å²) in [7, 11) is 0. The van der Waals surface area contributed by atoms with E-state index < -0.39 is 0 Å². The van der Waals surface area contributed by atoms with Crippen LogP contribution in [0.15, 0.2) is 35.1 Å². The number of nitrogen functional groups attached to an aromatic ring is 1. The van der Waals surface area contributed by atoms with Gasteiger partial charge in [0.15, 0.2) is 0 Å². The number of aromatic nitrogens is 2. The number of anilines is 1. The van der Waals surface area contributed by atoms with E-state index >= 15 is 0 Å². The second-order valence-corrected chi connectivity index (χ2v) is 5.02. The van der Waals surface area contributed by atoms with Gasteiger partial charge in [0.2, 0.25) is 5.88 Å². The Kier molecular flexibility index (Phi) is 3.81. The molecule has 1 heterocycles. The predicted octanol–water partition coefficient (Wildman–Crippen LogP) is 3.74. The number of nitrogens with zero attached hydrogens (tertiary/aromatic N) is 2. The van der Waals surface area contributed by atoms with Crippen LogP contribution in [-0.4, -0.2) is 9.97 Å². The average molecular weight is 308 g/mol. The zero-order chi connectivity index (χ0) is 13.1. The Labute approximate surface area is 114 Å². The summed E-state index contributed by atoms with van der Waals surface area (Å²) in [6, 6.07) is 7.61. The van der Waals surface area contributed by atoms with E-state index in [-0.39, 0.29) is 5.92 Å². The van der Waals surface area contributed by atoms with Gasteiger partial charge < -0.3 is 10.5 Å². The van der Waals surface area contributed by atoms with Crippen molar-refractivity contribution in [3.05, 3.63) is 40.6 Å². The Morgan fingerprint density at radius 2 is 1.94 bits per heavy atom. The molecule has 0 aliphatic heterocycles. The summed E-state index contributed by atoms with van der Waals surface area (Å²) >= 11 is 3.43. The molecular formula is C13H14BrN3O. The van der Waals surface area contributed by atoms with Gasteiger partial charge in [-0.25, -0.2) is 9.97 Å². The van der Waals surface area contributed by atoms with Crippen molar-refractivity contribution in [2.24, 2.45) is 0 Å². The fourth-order valence-corrected chi connectivity index (χ4v) is 2.01. The van der Waals surface area contributed by atoms with Crippen LogP contribution in [0, 0.1) is 0 Å². The summed E-state index contributed by atoms with van der Waals surface area (Å²) in [5.74, 6) is 1.87. The van der Waals surface area contributed by atoms with Gasteiger partial charge in [-0.15, -0.1) is 0 Å². The molecule has 0 bridgehead atoms. The molecule has 0 aliphatic carbocycles. The van der Waals surface area contributed by atoms with Crippen molar-refractivity contribution < 1.29 is 4.74 Å². The maximum absolute atomic E-state index is 5.87. The largest absolute Gasteiger partial charge is 0.437 e. The van der Waals surface area contributed by atoms with Crippen molar-refractivity contribution in [1.29, 1.82) is 0 Å². The Morgan fingerprint density at radius 1 is 1.22 bits per heavy atom.